The zero-order valence-electron chi connectivity index (χ0n) is 21.9. The summed E-state index contributed by atoms with van der Waals surface area (Å²) in [4.78, 5) is 35.1. The van der Waals surface area contributed by atoms with Gasteiger partial charge in [0.2, 0.25) is 0 Å². The lowest BCUT2D eigenvalue weighted by Crippen LogP contribution is -2.33. The van der Waals surface area contributed by atoms with Crippen LogP contribution in [0, 0.1) is 5.82 Å². The monoisotopic (exact) mass is 544 g/mol. The summed E-state index contributed by atoms with van der Waals surface area (Å²) < 4.78 is 15.0. The number of halogens is 1. The van der Waals surface area contributed by atoms with Crippen molar-refractivity contribution in [2.24, 2.45) is 5.16 Å². The van der Waals surface area contributed by atoms with Crippen molar-refractivity contribution in [3.63, 3.8) is 0 Å². The molecule has 0 fully saturated rings. The summed E-state index contributed by atoms with van der Waals surface area (Å²) in [6.07, 6.45) is 0.632. The average molecular weight is 545 g/mol. The number of aryl methyl sites for hydroxylation is 1. The van der Waals surface area contributed by atoms with Gasteiger partial charge in [-0.25, -0.2) is 9.37 Å². The second-order valence-corrected chi connectivity index (χ2v) is 10.2. The van der Waals surface area contributed by atoms with Crippen LogP contribution in [-0.4, -0.2) is 37.0 Å². The molecule has 0 amide bonds. The minimum absolute atomic E-state index is 0.0124. The van der Waals surface area contributed by atoms with Gasteiger partial charge in [0, 0.05) is 30.5 Å². The van der Waals surface area contributed by atoms with Gasteiger partial charge in [0.05, 0.1) is 22.3 Å². The zero-order valence-corrected chi connectivity index (χ0v) is 21.9. The van der Waals surface area contributed by atoms with E-state index in [0.29, 0.717) is 70.6 Å². The number of aliphatic hydroxyl groups is 1. The summed E-state index contributed by atoms with van der Waals surface area (Å²) in [5, 5.41) is 24.6. The van der Waals surface area contributed by atoms with E-state index in [1.165, 1.54) is 28.8 Å². The van der Waals surface area contributed by atoms with Crippen molar-refractivity contribution in [2.75, 3.05) is 5.73 Å². The fourth-order valence-corrected chi connectivity index (χ4v) is 4.93. The smallest absolute Gasteiger partial charge is 0.303 e. The Morgan fingerprint density at radius 1 is 1.15 bits per heavy atom. The number of aromatic nitrogens is 2. The number of benzene rings is 3. The topological polar surface area (TPSA) is 140 Å². The normalized spacial score (nSPS) is 17.4. The number of nitrogens with two attached hydrogens (primary N) is 1. The predicted molar refractivity (Wildman–Crippen MR) is 149 cm³/mol. The molecular formula is C30H29FN4O5. The van der Waals surface area contributed by atoms with Gasteiger partial charge in [-0.15, -0.1) is 0 Å². The molecule has 0 spiro atoms. The number of carboxylic acids is 1. The Morgan fingerprint density at radius 2 is 1.93 bits per heavy atom. The van der Waals surface area contributed by atoms with Gasteiger partial charge in [0.15, 0.2) is 5.60 Å². The first-order chi connectivity index (χ1) is 19.1. The van der Waals surface area contributed by atoms with Crippen LogP contribution >= 0.6 is 0 Å². The maximum Gasteiger partial charge on any atom is 0.303 e. The maximum atomic E-state index is 13.6. The van der Waals surface area contributed by atoms with Crippen molar-refractivity contribution < 1.29 is 24.2 Å². The number of hydrogen-bond donors (Lipinski definition) is 3. The first kappa shape index (κ1) is 27.0. The van der Waals surface area contributed by atoms with E-state index in [2.05, 4.69) is 5.16 Å². The number of nitrogen functional groups attached to an aromatic ring is 1. The highest BCUT2D eigenvalue weighted by atomic mass is 19.1. The first-order valence-electron chi connectivity index (χ1n) is 13.0. The lowest BCUT2D eigenvalue weighted by atomic mass is 9.87. The second kappa shape index (κ2) is 10.9. The third-order valence-corrected chi connectivity index (χ3v) is 7.09. The second-order valence-electron chi connectivity index (χ2n) is 10.2. The molecule has 2 heterocycles. The highest BCUT2D eigenvalue weighted by Crippen LogP contribution is 2.38. The van der Waals surface area contributed by atoms with Crippen LogP contribution in [0.1, 0.15) is 55.7 Å². The number of rotatable bonds is 9. The molecule has 206 valence electrons. The molecule has 0 saturated heterocycles. The van der Waals surface area contributed by atoms with Gasteiger partial charge in [-0.05, 0) is 73.9 Å². The quantitative estimate of drug-likeness (QED) is 0.208. The molecule has 0 aliphatic carbocycles. The van der Waals surface area contributed by atoms with E-state index >= 15 is 0 Å². The highest BCUT2D eigenvalue weighted by Gasteiger charge is 2.42. The summed E-state index contributed by atoms with van der Waals surface area (Å²) in [7, 11) is 0. The summed E-state index contributed by atoms with van der Waals surface area (Å²) in [6.45, 7) is 1.77. The van der Waals surface area contributed by atoms with Crippen molar-refractivity contribution in [3.05, 3.63) is 99.9 Å². The Kier molecular flexibility index (Phi) is 7.36. The van der Waals surface area contributed by atoms with E-state index < -0.39 is 23.5 Å². The molecule has 1 aliphatic heterocycles. The molecule has 40 heavy (non-hydrogen) atoms. The average Bonchev–Trinajstić information content (AvgIpc) is 3.34. The molecule has 0 saturated carbocycles. The SMILES string of the molecule is C[C@]1([C@H](O)c2cccc(N)c2)CC(c2ccc3c(=O)n(-c4ccc(F)cc4)c(CCCCC(=O)O)nc3c2)=NO1. The summed E-state index contributed by atoms with van der Waals surface area (Å²) in [6, 6.07) is 17.7. The van der Waals surface area contributed by atoms with Crippen LogP contribution in [0.25, 0.3) is 16.6 Å². The van der Waals surface area contributed by atoms with E-state index in [0.717, 1.165) is 0 Å². The molecule has 1 aromatic heterocycles. The number of aliphatic hydroxyl groups excluding tert-OH is 1. The molecule has 0 bridgehead atoms. The molecule has 4 aromatic rings. The fourth-order valence-electron chi connectivity index (χ4n) is 4.93. The summed E-state index contributed by atoms with van der Waals surface area (Å²) >= 11 is 0. The first-order valence-corrected chi connectivity index (χ1v) is 13.0. The van der Waals surface area contributed by atoms with Gasteiger partial charge in [-0.1, -0.05) is 23.4 Å². The van der Waals surface area contributed by atoms with E-state index in [-0.39, 0.29) is 12.0 Å². The van der Waals surface area contributed by atoms with Gasteiger partial charge in [0.25, 0.3) is 5.56 Å². The van der Waals surface area contributed by atoms with E-state index in [9.17, 15) is 19.1 Å². The summed E-state index contributed by atoms with van der Waals surface area (Å²) in [5.41, 5.74) is 7.90. The minimum Gasteiger partial charge on any atom is -0.481 e. The van der Waals surface area contributed by atoms with Crippen molar-refractivity contribution in [3.8, 4) is 5.69 Å². The van der Waals surface area contributed by atoms with Crippen LogP contribution in [-0.2, 0) is 16.1 Å². The van der Waals surface area contributed by atoms with Crippen LogP contribution in [0.4, 0.5) is 10.1 Å². The lowest BCUT2D eigenvalue weighted by Gasteiger charge is -2.28. The van der Waals surface area contributed by atoms with Crippen molar-refractivity contribution in [1.29, 1.82) is 0 Å². The van der Waals surface area contributed by atoms with Crippen molar-refractivity contribution in [2.45, 2.75) is 50.7 Å². The van der Waals surface area contributed by atoms with Crippen LogP contribution in [0.15, 0.2) is 76.7 Å². The van der Waals surface area contributed by atoms with E-state index in [1.54, 1.807) is 49.4 Å². The van der Waals surface area contributed by atoms with E-state index in [4.69, 9.17) is 20.7 Å². The number of oxime groups is 1. The number of anilines is 1. The fraction of sp³-hybridized carbons (Fsp3) is 0.267. The molecule has 9 nitrogen and oxygen atoms in total. The Balaban J connectivity index is 1.48. The Labute approximate surface area is 229 Å². The number of unbranched alkanes of at least 4 members (excludes halogenated alkanes) is 1. The number of carboxylic acid groups (broad SMARTS) is 1. The summed E-state index contributed by atoms with van der Waals surface area (Å²) in [5.74, 6) is -0.872. The van der Waals surface area contributed by atoms with Crippen LogP contribution in [0.2, 0.25) is 0 Å². The van der Waals surface area contributed by atoms with Gasteiger partial charge in [-0.2, -0.15) is 0 Å². The van der Waals surface area contributed by atoms with Gasteiger partial charge in [0.1, 0.15) is 17.7 Å². The maximum absolute atomic E-state index is 13.6. The Morgan fingerprint density at radius 3 is 2.65 bits per heavy atom. The molecular weight excluding hydrogens is 515 g/mol. The Hall–Kier alpha value is -4.57. The van der Waals surface area contributed by atoms with Gasteiger partial charge in [-0.3, -0.25) is 14.2 Å². The molecule has 5 rings (SSSR count). The molecule has 10 heteroatoms. The molecule has 1 aliphatic rings. The Bertz CT molecular complexity index is 1670. The molecule has 3 aromatic carbocycles. The molecule has 0 radical (unpaired) electrons. The highest BCUT2D eigenvalue weighted by molar-refractivity contribution is 6.04. The standard InChI is InChI=1S/C30H29FN4O5/c1-30(28(38)19-5-4-6-21(32)15-19)17-25(34-40-30)18-9-14-23-24(16-18)33-26(7-2-3-8-27(36)37)35(29(23)39)22-12-10-20(31)11-13-22/h4-6,9-16,28,38H,2-3,7-8,17,32H2,1H3,(H,36,37)/t28-,30-/m1/s1. The number of aliphatic carboxylic acids is 1. The number of nitrogens with zero attached hydrogens (tertiary/aromatic N) is 3. The molecule has 2 atom stereocenters. The van der Waals surface area contributed by atoms with Crippen LogP contribution in [0.5, 0.6) is 0 Å². The van der Waals surface area contributed by atoms with Crippen LogP contribution in [0.3, 0.4) is 0 Å². The number of carbonyl (C=O) groups is 1. The van der Waals surface area contributed by atoms with Gasteiger partial charge < -0.3 is 20.8 Å². The molecule has 4 N–H and O–H groups in total. The number of hydrogen-bond acceptors (Lipinski definition) is 7. The third-order valence-electron chi connectivity index (χ3n) is 7.09. The van der Waals surface area contributed by atoms with E-state index in [1.807, 2.05) is 0 Å². The van der Waals surface area contributed by atoms with Crippen molar-refractivity contribution in [1.82, 2.24) is 9.55 Å². The largest absolute Gasteiger partial charge is 0.481 e. The predicted octanol–water partition coefficient (Wildman–Crippen LogP) is 4.52. The van der Waals surface area contributed by atoms with Crippen LogP contribution < -0.4 is 11.3 Å². The number of fused-ring (bicyclic) bond motifs is 1. The minimum atomic E-state index is -1.02. The zero-order chi connectivity index (χ0) is 28.4. The molecule has 0 unspecified atom stereocenters. The lowest BCUT2D eigenvalue weighted by molar-refractivity contribution is -0.137. The third kappa shape index (κ3) is 5.43. The van der Waals surface area contributed by atoms with Gasteiger partial charge >= 0.3 is 5.97 Å². The van der Waals surface area contributed by atoms with Crippen molar-refractivity contribution >= 4 is 28.3 Å².